The quantitative estimate of drug-likeness (QED) is 0.0865. The first kappa shape index (κ1) is 66.4. The Balaban J connectivity index is -0.000000249. The number of aliphatic imine (C=N–C) groups is 6. The van der Waals surface area contributed by atoms with Gasteiger partial charge in [0.15, 0.2) is 0 Å². The van der Waals surface area contributed by atoms with E-state index in [0.29, 0.717) is 48.4 Å². The van der Waals surface area contributed by atoms with E-state index in [1.807, 2.05) is 24.3 Å². The van der Waals surface area contributed by atoms with Crippen LogP contribution in [0.2, 0.25) is 0 Å². The van der Waals surface area contributed by atoms with Crippen molar-refractivity contribution in [2.45, 2.75) is 12.8 Å². The Morgan fingerprint density at radius 3 is 0.825 bits per heavy atom. The second-order valence-electron chi connectivity index (χ2n) is 11.1. The van der Waals surface area contributed by atoms with Crippen LogP contribution in [0.5, 0.6) is 23.0 Å². The zero-order valence-electron chi connectivity index (χ0n) is 34.4. The molecule has 2 radical (unpaired) electrons. The number of nitriles is 2. The fourth-order valence-electron chi connectivity index (χ4n) is 3.55. The first-order chi connectivity index (χ1) is 28.8. The molecule has 0 unspecified atom stereocenters. The van der Waals surface area contributed by atoms with Crippen LogP contribution in [0.15, 0.2) is 127 Å². The number of benzene rings is 4. The van der Waals surface area contributed by atoms with E-state index in [2.05, 4.69) is 30.0 Å². The molecule has 0 N–H and O–H groups in total. The maximum absolute atomic E-state index is 11.4. The van der Waals surface area contributed by atoms with Gasteiger partial charge in [-0.25, -0.2) is 0 Å². The van der Waals surface area contributed by atoms with Gasteiger partial charge in [0, 0.05) is 97.7 Å². The molecular weight excluding hydrogens is 990 g/mol. The molecule has 0 atom stereocenters. The van der Waals surface area contributed by atoms with Gasteiger partial charge in [0.2, 0.25) is 0 Å². The van der Waals surface area contributed by atoms with Crippen molar-refractivity contribution in [1.29, 1.82) is 10.5 Å². The van der Waals surface area contributed by atoms with Crippen LogP contribution in [0.4, 0.5) is 0 Å². The predicted octanol–water partition coefficient (Wildman–Crippen LogP) is 3.93. The average Bonchev–Trinajstić information content (AvgIpc) is 3.21. The molecule has 4 aromatic rings. The third-order valence-corrected chi connectivity index (χ3v) is 5.95. The zero-order valence-corrected chi connectivity index (χ0v) is 39.0. The van der Waals surface area contributed by atoms with E-state index >= 15 is 0 Å². The number of nitrogens with zero attached hydrogens (tertiary/aromatic N) is 10. The summed E-state index contributed by atoms with van der Waals surface area (Å²) in [5.74, 6) is -0.0877. The largest absolute Gasteiger partial charge is 2.00 e. The third kappa shape index (κ3) is 42.8. The van der Waals surface area contributed by atoms with E-state index in [4.69, 9.17) is 21.3 Å². The summed E-state index contributed by atoms with van der Waals surface area (Å²) in [6.07, 6.45) is 17.0. The van der Waals surface area contributed by atoms with Crippen molar-refractivity contribution in [2.75, 3.05) is 51.2 Å². The minimum Gasteiger partial charge on any atom is -0.872 e. The molecule has 0 aromatic heterocycles. The normalized spacial score (nSPS) is 9.33. The molecular formula is C42H44Cu2N10NiO6S2. The molecule has 0 aliphatic heterocycles. The fraction of sp³-hybridized carbons (Fsp3) is 0.238. The summed E-state index contributed by atoms with van der Waals surface area (Å²) in [4.78, 5) is 22.0. The second-order valence-corrected chi connectivity index (χ2v) is 14.1. The maximum Gasteiger partial charge on any atom is 2.00 e. The molecule has 63 heavy (non-hydrogen) atoms. The van der Waals surface area contributed by atoms with Gasteiger partial charge in [-0.05, 0) is 35.1 Å². The Labute approximate surface area is 405 Å². The van der Waals surface area contributed by atoms with Gasteiger partial charge in [-0.2, -0.15) is 10.5 Å². The van der Waals surface area contributed by atoms with Crippen molar-refractivity contribution in [3.63, 3.8) is 0 Å². The van der Waals surface area contributed by atoms with E-state index in [1.165, 1.54) is 48.7 Å². The van der Waals surface area contributed by atoms with Gasteiger partial charge in [-0.3, -0.25) is 28.4 Å². The van der Waals surface area contributed by atoms with Crippen LogP contribution in [0.1, 0.15) is 35.1 Å². The van der Waals surface area contributed by atoms with E-state index in [9.17, 15) is 28.8 Å². The molecule has 0 amide bonds. The molecule has 4 rings (SSSR count). The molecule has 0 aliphatic rings. The van der Waals surface area contributed by atoms with E-state index in [0.717, 1.165) is 12.8 Å². The first-order valence-electron chi connectivity index (χ1n) is 17.3. The van der Waals surface area contributed by atoms with Crippen molar-refractivity contribution in [2.24, 2.45) is 30.0 Å². The van der Waals surface area contributed by atoms with Crippen LogP contribution >= 0.6 is 0 Å². The summed E-state index contributed by atoms with van der Waals surface area (Å²) < 4.78 is 19.1. The fourth-order valence-corrected chi connectivity index (χ4v) is 3.55. The molecule has 342 valence electrons. The maximum atomic E-state index is 11.4. The molecule has 0 fully saturated rings. The summed E-state index contributed by atoms with van der Waals surface area (Å²) in [7, 11) is -1.22. The Kier molecular flexibility index (Phi) is 50.0. The van der Waals surface area contributed by atoms with Gasteiger partial charge in [0.05, 0.1) is 12.4 Å². The van der Waals surface area contributed by atoms with Crippen molar-refractivity contribution in [1.82, 2.24) is 0 Å². The first-order valence-corrected chi connectivity index (χ1v) is 21.3. The van der Waals surface area contributed by atoms with Gasteiger partial charge >= 0.3 is 50.6 Å². The smallest absolute Gasteiger partial charge is 0.872 e. The molecule has 0 bridgehead atoms. The van der Waals surface area contributed by atoms with Gasteiger partial charge in [-0.1, -0.05) is 97.1 Å². The Bertz CT molecular complexity index is 1920. The molecule has 4 aromatic carbocycles. The van der Waals surface area contributed by atoms with Crippen molar-refractivity contribution in [3.05, 3.63) is 130 Å². The van der Waals surface area contributed by atoms with Gasteiger partial charge in [0.25, 0.3) is 0 Å². The summed E-state index contributed by atoms with van der Waals surface area (Å²) in [5, 5.41) is 75.4. The van der Waals surface area contributed by atoms with E-state index in [1.54, 1.807) is 98.4 Å². The number of hydrogen-bond donors (Lipinski definition) is 0. The van der Waals surface area contributed by atoms with Crippen LogP contribution in [0.25, 0.3) is 10.8 Å². The zero-order chi connectivity index (χ0) is 45.2. The molecule has 0 saturated heterocycles. The average molecular weight is 1030 g/mol. The Hall–Kier alpha value is -5.67. The predicted molar refractivity (Wildman–Crippen MR) is 235 cm³/mol. The molecule has 16 nitrogen and oxygen atoms in total. The van der Waals surface area contributed by atoms with Crippen LogP contribution in [-0.2, 0) is 72.2 Å². The van der Waals surface area contributed by atoms with Crippen molar-refractivity contribution in [3.8, 4) is 35.4 Å². The van der Waals surface area contributed by atoms with Crippen LogP contribution in [0, 0.1) is 22.9 Å². The summed E-state index contributed by atoms with van der Waals surface area (Å²) in [6.45, 7) is 2.41. The summed E-state index contributed by atoms with van der Waals surface area (Å²) in [5.41, 5.74) is 2.39. The van der Waals surface area contributed by atoms with Gasteiger partial charge in [-0.15, -0.1) is 35.0 Å². The topological polar surface area (TPSA) is 293 Å². The summed E-state index contributed by atoms with van der Waals surface area (Å²) in [6, 6.07) is 29.7. The number of rotatable bonds is 12. The molecule has 21 heteroatoms. The van der Waals surface area contributed by atoms with Crippen LogP contribution < -0.4 is 20.4 Å². The van der Waals surface area contributed by atoms with E-state index < -0.39 is 21.6 Å². The van der Waals surface area contributed by atoms with Crippen molar-refractivity contribution < 1.29 is 79.5 Å². The number of hydrogen-bond acceptors (Lipinski definition) is 14. The number of para-hydroxylation sites is 4. The minimum atomic E-state index is -0.611. The van der Waals surface area contributed by atoms with Crippen molar-refractivity contribution >= 4 is 58.5 Å². The minimum absolute atomic E-state index is 0. The molecule has 0 saturated carbocycles. The SMILES string of the molecule is CS(C)=O.CS(C)=O.N#CN=C=[N-].N#CN=C=[N-].[Cu+2].[Cu+2].[Ni+2].[O-]c1ccccc1C=NCCCN=Cc1ccccc1[O-].[O-]c1ccccc1C=NCCCN=Cc1ccccc1[O-]. The van der Waals surface area contributed by atoms with Crippen LogP contribution in [-0.4, -0.2) is 96.5 Å². The standard InChI is InChI=1S/2C17H18N2O2.2C2N3.2C2H6OS.2Cu.Ni/c2*20-16-8-3-1-6-14(16)12-18-10-5-11-19-13-15-7-2-4-9-17(15)21;2*3-1-5-2-4;2*1-4(2)3;;;/h2*1-4,6-9,12-13,20-21H,5,10-11H2;;;2*1-2H3;;;/q;;2*-1;;;3*+2/p-4. The van der Waals surface area contributed by atoms with Crippen LogP contribution in [0.3, 0.4) is 0 Å². The summed E-state index contributed by atoms with van der Waals surface area (Å²) >= 11 is 0. The Morgan fingerprint density at radius 2 is 0.683 bits per heavy atom. The Morgan fingerprint density at radius 1 is 0.492 bits per heavy atom. The third-order valence-electron chi connectivity index (χ3n) is 5.95. The molecule has 0 heterocycles. The van der Waals surface area contributed by atoms with Gasteiger partial charge in [0.1, 0.15) is 0 Å². The van der Waals surface area contributed by atoms with E-state index in [-0.39, 0.29) is 73.6 Å². The monoisotopic (exact) mass is 1030 g/mol. The second kappa shape index (κ2) is 47.4. The molecule has 0 aliphatic carbocycles. The van der Waals surface area contributed by atoms with Gasteiger partial charge < -0.3 is 41.2 Å². The molecule has 0 spiro atoms.